The molecule has 0 bridgehead atoms. The number of amides is 1. The number of likely N-dealkylation sites (N-methyl/N-ethyl adjacent to an activating group) is 1. The Bertz CT molecular complexity index is 378. The van der Waals surface area contributed by atoms with E-state index in [0.29, 0.717) is 31.7 Å². The van der Waals surface area contributed by atoms with Gasteiger partial charge in [-0.1, -0.05) is 6.92 Å². The van der Waals surface area contributed by atoms with Crippen molar-refractivity contribution in [3.8, 4) is 0 Å². The predicted molar refractivity (Wildman–Crippen MR) is 79.9 cm³/mol. The third kappa shape index (κ3) is 3.41. The molecule has 120 valence electrons. The van der Waals surface area contributed by atoms with Gasteiger partial charge in [0.2, 0.25) is 5.91 Å². The highest BCUT2D eigenvalue weighted by Gasteiger charge is 2.42. The van der Waals surface area contributed by atoms with E-state index in [1.807, 2.05) is 11.8 Å². The number of hydrogen-bond donors (Lipinski definition) is 0. The average Bonchev–Trinajstić information content (AvgIpc) is 3.26. The van der Waals surface area contributed by atoms with E-state index in [1.165, 1.54) is 12.8 Å². The standard InChI is InChI=1S/C16H28N2O3/c1-3-17(14-6-7-14)12-15(19)18-8-4-5-13(11-18)16(2)20-9-10-21-16/h13-14H,3-12H2,1-2H3/t13-/m1/s1. The summed E-state index contributed by atoms with van der Waals surface area (Å²) in [5.41, 5.74) is 0. The zero-order chi connectivity index (χ0) is 14.9. The van der Waals surface area contributed by atoms with Crippen LogP contribution >= 0.6 is 0 Å². The number of carbonyl (C=O) groups excluding carboxylic acids is 1. The van der Waals surface area contributed by atoms with E-state index in [0.717, 1.165) is 32.5 Å². The SMILES string of the molecule is CCN(CC(=O)N1CCC[C@@H](C2(C)OCCO2)C1)C1CC1. The fourth-order valence-electron chi connectivity index (χ4n) is 3.61. The molecule has 3 fully saturated rings. The Labute approximate surface area is 127 Å². The molecule has 0 unspecified atom stereocenters. The molecule has 0 spiro atoms. The maximum Gasteiger partial charge on any atom is 0.236 e. The largest absolute Gasteiger partial charge is 0.347 e. The first-order chi connectivity index (χ1) is 10.1. The Kier molecular flexibility index (Phi) is 4.52. The second kappa shape index (κ2) is 6.23. The molecular weight excluding hydrogens is 268 g/mol. The third-order valence-corrected chi connectivity index (χ3v) is 5.18. The van der Waals surface area contributed by atoms with Crippen LogP contribution in [0.3, 0.4) is 0 Å². The molecule has 0 N–H and O–H groups in total. The normalized spacial score (nSPS) is 29.1. The van der Waals surface area contributed by atoms with Crippen molar-refractivity contribution in [3.05, 3.63) is 0 Å². The van der Waals surface area contributed by atoms with Crippen LogP contribution in [0.2, 0.25) is 0 Å². The molecule has 0 aromatic heterocycles. The summed E-state index contributed by atoms with van der Waals surface area (Å²) in [6, 6.07) is 0.651. The highest BCUT2D eigenvalue weighted by molar-refractivity contribution is 5.78. The highest BCUT2D eigenvalue weighted by atomic mass is 16.7. The number of piperidine rings is 1. The van der Waals surface area contributed by atoms with Gasteiger partial charge in [0.1, 0.15) is 0 Å². The number of carbonyl (C=O) groups is 1. The van der Waals surface area contributed by atoms with Gasteiger partial charge in [0.15, 0.2) is 5.79 Å². The first-order valence-corrected chi connectivity index (χ1v) is 8.42. The lowest BCUT2D eigenvalue weighted by Crippen LogP contribution is -2.51. The fraction of sp³-hybridized carbons (Fsp3) is 0.938. The van der Waals surface area contributed by atoms with Crippen LogP contribution in [0.5, 0.6) is 0 Å². The molecule has 2 heterocycles. The van der Waals surface area contributed by atoms with Crippen molar-refractivity contribution in [1.29, 1.82) is 0 Å². The lowest BCUT2D eigenvalue weighted by molar-refractivity contribution is -0.193. The molecule has 1 amide bonds. The van der Waals surface area contributed by atoms with Gasteiger partial charge in [-0.3, -0.25) is 9.69 Å². The topological polar surface area (TPSA) is 42.0 Å². The van der Waals surface area contributed by atoms with Gasteiger partial charge in [-0.05, 0) is 39.2 Å². The van der Waals surface area contributed by atoms with E-state index in [9.17, 15) is 4.79 Å². The Hall–Kier alpha value is -0.650. The lowest BCUT2D eigenvalue weighted by Gasteiger charge is -2.40. The molecule has 1 aliphatic carbocycles. The molecule has 5 nitrogen and oxygen atoms in total. The predicted octanol–water partition coefficient (Wildman–Crippen LogP) is 1.47. The Morgan fingerprint density at radius 1 is 1.29 bits per heavy atom. The van der Waals surface area contributed by atoms with Crippen molar-refractivity contribution < 1.29 is 14.3 Å². The quantitative estimate of drug-likeness (QED) is 0.770. The van der Waals surface area contributed by atoms with Crippen molar-refractivity contribution in [2.24, 2.45) is 5.92 Å². The van der Waals surface area contributed by atoms with Crippen LogP contribution in [0.4, 0.5) is 0 Å². The van der Waals surface area contributed by atoms with Crippen LogP contribution in [0.25, 0.3) is 0 Å². The van der Waals surface area contributed by atoms with E-state index in [2.05, 4.69) is 11.8 Å². The van der Waals surface area contributed by atoms with Gasteiger partial charge < -0.3 is 14.4 Å². The second-order valence-electron chi connectivity index (χ2n) is 6.69. The number of nitrogens with zero attached hydrogens (tertiary/aromatic N) is 2. The molecule has 0 aromatic carbocycles. The van der Waals surface area contributed by atoms with Gasteiger partial charge in [-0.25, -0.2) is 0 Å². The first-order valence-electron chi connectivity index (χ1n) is 8.42. The van der Waals surface area contributed by atoms with Gasteiger partial charge in [0, 0.05) is 25.0 Å². The number of ether oxygens (including phenoxy) is 2. The van der Waals surface area contributed by atoms with Crippen molar-refractivity contribution in [2.45, 2.75) is 51.4 Å². The molecule has 1 atom stereocenters. The minimum absolute atomic E-state index is 0.273. The molecule has 21 heavy (non-hydrogen) atoms. The Morgan fingerprint density at radius 3 is 2.62 bits per heavy atom. The van der Waals surface area contributed by atoms with Crippen LogP contribution < -0.4 is 0 Å². The zero-order valence-electron chi connectivity index (χ0n) is 13.3. The fourth-order valence-corrected chi connectivity index (χ4v) is 3.61. The van der Waals surface area contributed by atoms with Crippen LogP contribution in [-0.4, -0.2) is 66.9 Å². The van der Waals surface area contributed by atoms with E-state index < -0.39 is 5.79 Å². The molecule has 5 heteroatoms. The summed E-state index contributed by atoms with van der Waals surface area (Å²) in [5, 5.41) is 0. The summed E-state index contributed by atoms with van der Waals surface area (Å²) < 4.78 is 11.6. The van der Waals surface area contributed by atoms with Crippen LogP contribution in [-0.2, 0) is 14.3 Å². The molecule has 3 aliphatic rings. The van der Waals surface area contributed by atoms with E-state index in [-0.39, 0.29) is 5.91 Å². The maximum atomic E-state index is 12.6. The molecule has 2 saturated heterocycles. The van der Waals surface area contributed by atoms with Crippen LogP contribution in [0.1, 0.15) is 39.5 Å². The van der Waals surface area contributed by atoms with Gasteiger partial charge in [-0.15, -0.1) is 0 Å². The van der Waals surface area contributed by atoms with Crippen molar-refractivity contribution in [1.82, 2.24) is 9.80 Å². The van der Waals surface area contributed by atoms with E-state index >= 15 is 0 Å². The molecule has 0 aromatic rings. The van der Waals surface area contributed by atoms with Crippen molar-refractivity contribution >= 4 is 5.91 Å². The first kappa shape index (κ1) is 15.3. The summed E-state index contributed by atoms with van der Waals surface area (Å²) in [6.07, 6.45) is 4.64. The number of rotatable bonds is 5. The van der Waals surface area contributed by atoms with Gasteiger partial charge in [0.25, 0.3) is 0 Å². The van der Waals surface area contributed by atoms with Gasteiger partial charge in [0.05, 0.1) is 19.8 Å². The summed E-state index contributed by atoms with van der Waals surface area (Å²) in [4.78, 5) is 16.9. The van der Waals surface area contributed by atoms with E-state index in [1.54, 1.807) is 0 Å². The molecule has 0 radical (unpaired) electrons. The molecule has 2 aliphatic heterocycles. The molecular formula is C16H28N2O3. The Morgan fingerprint density at radius 2 is 2.00 bits per heavy atom. The molecule has 1 saturated carbocycles. The highest BCUT2D eigenvalue weighted by Crippen LogP contribution is 2.34. The minimum atomic E-state index is -0.486. The third-order valence-electron chi connectivity index (χ3n) is 5.18. The van der Waals surface area contributed by atoms with E-state index in [4.69, 9.17) is 9.47 Å². The monoisotopic (exact) mass is 296 g/mol. The summed E-state index contributed by atoms with van der Waals surface area (Å²) in [5.74, 6) is 0.0867. The summed E-state index contributed by atoms with van der Waals surface area (Å²) >= 11 is 0. The van der Waals surface area contributed by atoms with Crippen molar-refractivity contribution in [3.63, 3.8) is 0 Å². The lowest BCUT2D eigenvalue weighted by atomic mass is 9.90. The molecule has 3 rings (SSSR count). The smallest absolute Gasteiger partial charge is 0.236 e. The van der Waals surface area contributed by atoms with Crippen molar-refractivity contribution in [2.75, 3.05) is 39.4 Å². The average molecular weight is 296 g/mol. The summed E-state index contributed by atoms with van der Waals surface area (Å²) in [6.45, 7) is 8.72. The maximum absolute atomic E-state index is 12.6. The van der Waals surface area contributed by atoms with Crippen LogP contribution in [0, 0.1) is 5.92 Å². The number of likely N-dealkylation sites (tertiary alicyclic amines) is 1. The zero-order valence-corrected chi connectivity index (χ0v) is 13.3. The van der Waals surface area contributed by atoms with Gasteiger partial charge >= 0.3 is 0 Å². The Balaban J connectivity index is 1.56. The minimum Gasteiger partial charge on any atom is -0.347 e. The van der Waals surface area contributed by atoms with Gasteiger partial charge in [-0.2, -0.15) is 0 Å². The van der Waals surface area contributed by atoms with Crippen LogP contribution in [0.15, 0.2) is 0 Å². The summed E-state index contributed by atoms with van der Waals surface area (Å²) in [7, 11) is 0. The second-order valence-corrected chi connectivity index (χ2v) is 6.69. The number of hydrogen-bond acceptors (Lipinski definition) is 4.